The topological polar surface area (TPSA) is 185 Å². The lowest BCUT2D eigenvalue weighted by Crippen LogP contribution is -2.52. The molecule has 3 fully saturated rings. The molecule has 1 aliphatic carbocycles. The van der Waals surface area contributed by atoms with Gasteiger partial charge in [-0.1, -0.05) is 6.07 Å². The Kier molecular flexibility index (Phi) is 11.5. The predicted molar refractivity (Wildman–Crippen MR) is 183 cm³/mol. The molecular formula is C34H47N11O4. The molecule has 5 N–H and O–H groups in total. The molecule has 1 aromatic carbocycles. The molecule has 6 rings (SSSR count). The standard InChI is InChI=1S/C34H47N11O4/c1-3-46-12-13-48-33-31(19-44(41-33)27-6-8-28(9-7-27)45-29-10-11-30(45)21-47-20-29)40-34-38-16-26(17-39-34)24-4-5-25(15-35)32(14-24)49-23(2)18-43(22-36)42-37/h4-5,14,16-17,19,22-23,27-30,36,42H,3,6-13,18,20-21,37H2,1-2H3,(H,38,39,40)/t23-,27?,28?,29+,30?/m0/s1. The molecule has 262 valence electrons. The van der Waals surface area contributed by atoms with Gasteiger partial charge in [0, 0.05) is 42.7 Å². The van der Waals surface area contributed by atoms with Gasteiger partial charge in [0.15, 0.2) is 0 Å². The van der Waals surface area contributed by atoms with Crippen molar-refractivity contribution in [2.45, 2.75) is 82.6 Å². The zero-order chi connectivity index (χ0) is 34.2. The first-order valence-corrected chi connectivity index (χ1v) is 17.2. The van der Waals surface area contributed by atoms with Crippen LogP contribution in [0.15, 0.2) is 36.8 Å². The maximum absolute atomic E-state index is 9.65. The largest absolute Gasteiger partial charge is 0.487 e. The number of fused-ring (bicyclic) bond motifs is 2. The van der Waals surface area contributed by atoms with Gasteiger partial charge >= 0.3 is 0 Å². The van der Waals surface area contributed by atoms with Crippen LogP contribution in [0.25, 0.3) is 11.1 Å². The second-order valence-electron chi connectivity index (χ2n) is 12.8. The summed E-state index contributed by atoms with van der Waals surface area (Å²) in [7, 11) is 0. The van der Waals surface area contributed by atoms with Gasteiger partial charge in [-0.2, -0.15) is 10.8 Å². The second kappa shape index (κ2) is 16.4. The molecular weight excluding hydrogens is 626 g/mol. The van der Waals surface area contributed by atoms with E-state index >= 15 is 0 Å². The second-order valence-corrected chi connectivity index (χ2v) is 12.8. The molecule has 2 bridgehead atoms. The van der Waals surface area contributed by atoms with Crippen molar-refractivity contribution in [1.29, 1.82) is 10.7 Å². The third-order valence-electron chi connectivity index (χ3n) is 9.56. The van der Waals surface area contributed by atoms with Crippen LogP contribution in [0.5, 0.6) is 11.6 Å². The summed E-state index contributed by atoms with van der Waals surface area (Å²) in [5.74, 6) is 6.75. The summed E-state index contributed by atoms with van der Waals surface area (Å²) in [4.78, 5) is 11.9. The lowest BCUT2D eigenvalue weighted by atomic mass is 9.89. The van der Waals surface area contributed by atoms with Gasteiger partial charge in [-0.3, -0.25) is 25.8 Å². The summed E-state index contributed by atoms with van der Waals surface area (Å²) in [6, 6.07) is 9.57. The van der Waals surface area contributed by atoms with Crippen LogP contribution >= 0.6 is 0 Å². The number of ether oxygens (including phenoxy) is 4. The van der Waals surface area contributed by atoms with E-state index in [1.807, 2.05) is 30.8 Å². The fourth-order valence-corrected chi connectivity index (χ4v) is 7.20. The number of morpholine rings is 1. The molecule has 15 nitrogen and oxygen atoms in total. The molecule has 3 aromatic rings. The van der Waals surface area contributed by atoms with E-state index in [1.165, 1.54) is 17.9 Å². The van der Waals surface area contributed by atoms with E-state index in [9.17, 15) is 5.26 Å². The fraction of sp³-hybridized carbons (Fsp3) is 0.559. The van der Waals surface area contributed by atoms with Gasteiger partial charge < -0.3 is 24.3 Å². The minimum absolute atomic E-state index is 0.290. The molecule has 1 unspecified atom stereocenters. The van der Waals surface area contributed by atoms with Crippen molar-refractivity contribution in [2.75, 3.05) is 44.9 Å². The monoisotopic (exact) mass is 673 g/mol. The van der Waals surface area contributed by atoms with E-state index in [-0.39, 0.29) is 6.10 Å². The minimum atomic E-state index is -0.358. The number of nitriles is 1. The van der Waals surface area contributed by atoms with Crippen molar-refractivity contribution in [3.05, 3.63) is 42.4 Å². The predicted octanol–water partition coefficient (Wildman–Crippen LogP) is 3.77. The Balaban J connectivity index is 1.13. The van der Waals surface area contributed by atoms with Gasteiger partial charge in [0.2, 0.25) is 5.95 Å². The van der Waals surface area contributed by atoms with Crippen molar-refractivity contribution in [3.8, 4) is 28.8 Å². The number of aromatic nitrogens is 4. The van der Waals surface area contributed by atoms with E-state index in [2.05, 4.69) is 31.8 Å². The van der Waals surface area contributed by atoms with Gasteiger partial charge in [-0.25, -0.2) is 9.97 Å². The molecule has 49 heavy (non-hydrogen) atoms. The smallest absolute Gasteiger partial charge is 0.257 e. The molecule has 15 heteroatoms. The highest BCUT2D eigenvalue weighted by Gasteiger charge is 2.42. The normalized spacial score (nSPS) is 22.7. The van der Waals surface area contributed by atoms with Crippen LogP contribution < -0.4 is 26.2 Å². The Hall–Kier alpha value is -4.33. The summed E-state index contributed by atoms with van der Waals surface area (Å²) in [5.41, 5.74) is 5.06. The molecule has 2 saturated heterocycles. The Bertz CT molecular complexity index is 1550. The first-order chi connectivity index (χ1) is 24.0. The lowest BCUT2D eigenvalue weighted by Gasteiger charge is -2.43. The number of nitrogens with two attached hydrogens (primary N) is 1. The van der Waals surface area contributed by atoms with E-state index in [4.69, 9.17) is 35.3 Å². The maximum Gasteiger partial charge on any atom is 0.257 e. The van der Waals surface area contributed by atoms with Gasteiger partial charge in [0.1, 0.15) is 30.2 Å². The zero-order valence-electron chi connectivity index (χ0n) is 28.3. The molecule has 1 saturated carbocycles. The molecule has 3 aliphatic rings. The van der Waals surface area contributed by atoms with Crippen LogP contribution in [0.1, 0.15) is 64.0 Å². The van der Waals surface area contributed by atoms with E-state index in [0.717, 1.165) is 56.4 Å². The molecule has 4 heterocycles. The van der Waals surface area contributed by atoms with Crippen molar-refractivity contribution < 1.29 is 18.9 Å². The highest BCUT2D eigenvalue weighted by Crippen LogP contribution is 2.39. The third kappa shape index (κ3) is 8.28. The highest BCUT2D eigenvalue weighted by molar-refractivity contribution is 5.67. The van der Waals surface area contributed by atoms with E-state index in [0.29, 0.717) is 79.4 Å². The Morgan fingerprint density at radius 2 is 1.80 bits per heavy atom. The zero-order valence-corrected chi connectivity index (χ0v) is 28.3. The van der Waals surface area contributed by atoms with Crippen LogP contribution in [-0.4, -0.2) is 99.8 Å². The average Bonchev–Trinajstić information content (AvgIpc) is 3.64. The summed E-state index contributed by atoms with van der Waals surface area (Å²) in [5, 5.41) is 26.6. The van der Waals surface area contributed by atoms with Crippen LogP contribution in [0.2, 0.25) is 0 Å². The molecule has 2 aromatic heterocycles. The fourth-order valence-electron chi connectivity index (χ4n) is 7.20. The highest BCUT2D eigenvalue weighted by atomic mass is 16.5. The summed E-state index contributed by atoms with van der Waals surface area (Å²) >= 11 is 0. The average molecular weight is 674 g/mol. The van der Waals surface area contributed by atoms with Crippen LogP contribution in [0.3, 0.4) is 0 Å². The first-order valence-electron chi connectivity index (χ1n) is 17.2. The van der Waals surface area contributed by atoms with E-state index in [1.54, 1.807) is 24.5 Å². The summed E-state index contributed by atoms with van der Waals surface area (Å²) < 4.78 is 25.5. The SMILES string of the molecule is CCOCCOc1nn(C2CCC(N3C4CC[C@@H]3COC4)CC2)cc1Nc1ncc(-c2ccc(C#N)c(O[C@@H](C)CN(C=N)NN)c2)cn1. The van der Waals surface area contributed by atoms with Gasteiger partial charge in [0.05, 0.1) is 50.5 Å². The number of hydrogen-bond acceptors (Lipinski definition) is 13. The number of rotatable bonds is 16. The van der Waals surface area contributed by atoms with Gasteiger partial charge in [-0.05, 0) is 70.1 Å². The van der Waals surface area contributed by atoms with Gasteiger partial charge in [-0.15, -0.1) is 5.10 Å². The van der Waals surface area contributed by atoms with Crippen LogP contribution in [0.4, 0.5) is 11.6 Å². The number of nitrogens with zero attached hydrogens (tertiary/aromatic N) is 7. The Morgan fingerprint density at radius 3 is 2.47 bits per heavy atom. The van der Waals surface area contributed by atoms with Crippen LogP contribution in [-0.2, 0) is 9.47 Å². The molecule has 0 amide bonds. The summed E-state index contributed by atoms with van der Waals surface area (Å²) in [6.07, 6.45) is 13.1. The molecule has 3 atom stereocenters. The Labute approximate surface area is 287 Å². The van der Waals surface area contributed by atoms with E-state index < -0.39 is 0 Å². The molecule has 0 radical (unpaired) electrons. The van der Waals surface area contributed by atoms with Crippen molar-refractivity contribution in [3.63, 3.8) is 0 Å². The molecule has 2 aliphatic heterocycles. The molecule has 0 spiro atoms. The number of anilines is 2. The lowest BCUT2D eigenvalue weighted by molar-refractivity contribution is -0.0458. The van der Waals surface area contributed by atoms with Crippen molar-refractivity contribution in [2.24, 2.45) is 5.84 Å². The first kappa shape index (κ1) is 34.5. The number of nitrogens with one attached hydrogen (secondary N) is 3. The summed E-state index contributed by atoms with van der Waals surface area (Å²) in [6.45, 7) is 7.33. The van der Waals surface area contributed by atoms with Crippen LogP contribution in [0, 0.1) is 16.7 Å². The minimum Gasteiger partial charge on any atom is -0.487 e. The number of hydrazine groups is 2. The maximum atomic E-state index is 9.65. The third-order valence-corrected chi connectivity index (χ3v) is 9.56. The number of benzene rings is 1. The van der Waals surface area contributed by atoms with Gasteiger partial charge in [0.25, 0.3) is 5.88 Å². The Morgan fingerprint density at radius 1 is 1.08 bits per heavy atom. The number of hydrogen-bond donors (Lipinski definition) is 4. The van der Waals surface area contributed by atoms with Crippen molar-refractivity contribution in [1.82, 2.24) is 35.2 Å². The van der Waals surface area contributed by atoms with Crippen molar-refractivity contribution >= 4 is 18.0 Å². The quantitative estimate of drug-likeness (QED) is 0.0567.